The maximum absolute atomic E-state index is 11.7. The first-order valence-corrected chi connectivity index (χ1v) is 7.66. The van der Waals surface area contributed by atoms with Crippen molar-refractivity contribution in [1.29, 1.82) is 0 Å². The van der Waals surface area contributed by atoms with Gasteiger partial charge in [0.1, 0.15) is 5.75 Å². The molecule has 116 valence electrons. The van der Waals surface area contributed by atoms with E-state index in [-0.39, 0.29) is 12.5 Å². The molecule has 2 rings (SSSR count). The summed E-state index contributed by atoms with van der Waals surface area (Å²) in [5.41, 5.74) is 3.68. The highest BCUT2D eigenvalue weighted by molar-refractivity contribution is 5.77. The van der Waals surface area contributed by atoms with Crippen molar-refractivity contribution in [2.75, 3.05) is 13.2 Å². The number of amides is 1. The molecule has 0 unspecified atom stereocenters. The standard InChI is InChI=1S/C19H23NO2/c1-15-10-11-18(13-16(15)2)22-14-19(21)20-12-6-9-17-7-4-3-5-8-17/h3-5,7-8,10-11,13H,6,9,12,14H2,1-2H3,(H,20,21). The van der Waals surface area contributed by atoms with Gasteiger partial charge in [-0.15, -0.1) is 0 Å². The Bertz CT molecular complexity index is 608. The Kier molecular flexibility index (Phi) is 6.01. The zero-order valence-corrected chi connectivity index (χ0v) is 13.3. The van der Waals surface area contributed by atoms with Crippen molar-refractivity contribution in [2.45, 2.75) is 26.7 Å². The number of benzene rings is 2. The fraction of sp³-hybridized carbons (Fsp3) is 0.316. The van der Waals surface area contributed by atoms with Crippen LogP contribution in [0.3, 0.4) is 0 Å². The van der Waals surface area contributed by atoms with E-state index in [1.807, 2.05) is 43.3 Å². The molecule has 0 saturated heterocycles. The minimum atomic E-state index is -0.0775. The molecule has 1 amide bonds. The summed E-state index contributed by atoms with van der Waals surface area (Å²) >= 11 is 0. The molecule has 0 aromatic heterocycles. The highest BCUT2D eigenvalue weighted by Gasteiger charge is 2.03. The van der Waals surface area contributed by atoms with E-state index in [0.717, 1.165) is 18.6 Å². The zero-order valence-electron chi connectivity index (χ0n) is 13.3. The van der Waals surface area contributed by atoms with Gasteiger partial charge in [-0.2, -0.15) is 0 Å². The van der Waals surface area contributed by atoms with Gasteiger partial charge < -0.3 is 10.1 Å². The van der Waals surface area contributed by atoms with Gasteiger partial charge in [-0.25, -0.2) is 0 Å². The summed E-state index contributed by atoms with van der Waals surface area (Å²) in [6.07, 6.45) is 1.90. The maximum Gasteiger partial charge on any atom is 0.257 e. The summed E-state index contributed by atoms with van der Waals surface area (Å²) in [5, 5.41) is 2.89. The number of nitrogens with one attached hydrogen (secondary N) is 1. The molecule has 0 spiro atoms. The molecular weight excluding hydrogens is 274 g/mol. The van der Waals surface area contributed by atoms with Gasteiger partial charge in [0.25, 0.3) is 5.91 Å². The predicted molar refractivity (Wildman–Crippen MR) is 89.2 cm³/mol. The normalized spacial score (nSPS) is 10.3. The Hall–Kier alpha value is -2.29. The molecular formula is C19H23NO2. The summed E-state index contributed by atoms with van der Waals surface area (Å²) in [5.74, 6) is 0.661. The van der Waals surface area contributed by atoms with Crippen LogP contribution in [0.15, 0.2) is 48.5 Å². The van der Waals surface area contributed by atoms with Crippen LogP contribution >= 0.6 is 0 Å². The first-order chi connectivity index (χ1) is 10.6. The summed E-state index contributed by atoms with van der Waals surface area (Å²) in [6.45, 7) is 4.82. The van der Waals surface area contributed by atoms with Gasteiger partial charge in [-0.3, -0.25) is 4.79 Å². The van der Waals surface area contributed by atoms with Crippen LogP contribution in [0.2, 0.25) is 0 Å². The summed E-state index contributed by atoms with van der Waals surface area (Å²) in [6, 6.07) is 16.1. The van der Waals surface area contributed by atoms with Crippen LogP contribution in [0, 0.1) is 13.8 Å². The molecule has 0 aliphatic rings. The Morgan fingerprint density at radius 3 is 2.55 bits per heavy atom. The van der Waals surface area contributed by atoms with Gasteiger partial charge in [0.2, 0.25) is 0 Å². The summed E-state index contributed by atoms with van der Waals surface area (Å²) in [7, 11) is 0. The number of aryl methyl sites for hydroxylation is 3. The zero-order chi connectivity index (χ0) is 15.8. The second-order valence-corrected chi connectivity index (χ2v) is 5.47. The van der Waals surface area contributed by atoms with Crippen LogP contribution < -0.4 is 10.1 Å². The van der Waals surface area contributed by atoms with Gasteiger partial charge in [0.15, 0.2) is 6.61 Å². The Labute approximate surface area is 132 Å². The molecule has 0 bridgehead atoms. The molecule has 0 atom stereocenters. The van der Waals surface area contributed by atoms with E-state index >= 15 is 0 Å². The Morgan fingerprint density at radius 2 is 1.82 bits per heavy atom. The molecule has 0 saturated carbocycles. The number of hydrogen-bond donors (Lipinski definition) is 1. The van der Waals surface area contributed by atoms with Crippen LogP contribution in [0.4, 0.5) is 0 Å². The third kappa shape index (κ3) is 5.24. The SMILES string of the molecule is Cc1ccc(OCC(=O)NCCCc2ccccc2)cc1C. The average molecular weight is 297 g/mol. The molecule has 0 heterocycles. The molecule has 2 aromatic carbocycles. The van der Waals surface area contributed by atoms with E-state index < -0.39 is 0 Å². The van der Waals surface area contributed by atoms with Gasteiger partial charge in [0.05, 0.1) is 0 Å². The quantitative estimate of drug-likeness (QED) is 0.795. The van der Waals surface area contributed by atoms with Crippen molar-refractivity contribution in [3.63, 3.8) is 0 Å². The Morgan fingerprint density at radius 1 is 1.05 bits per heavy atom. The van der Waals surface area contributed by atoms with E-state index in [4.69, 9.17) is 4.74 Å². The smallest absolute Gasteiger partial charge is 0.257 e. The van der Waals surface area contributed by atoms with Crippen molar-refractivity contribution < 1.29 is 9.53 Å². The van der Waals surface area contributed by atoms with Crippen molar-refractivity contribution in [3.8, 4) is 5.75 Å². The lowest BCUT2D eigenvalue weighted by molar-refractivity contribution is -0.123. The van der Waals surface area contributed by atoms with Crippen LogP contribution in [-0.4, -0.2) is 19.1 Å². The first-order valence-electron chi connectivity index (χ1n) is 7.66. The first kappa shape index (κ1) is 16.1. The van der Waals surface area contributed by atoms with Crippen LogP contribution in [-0.2, 0) is 11.2 Å². The summed E-state index contributed by atoms with van der Waals surface area (Å²) in [4.78, 5) is 11.7. The van der Waals surface area contributed by atoms with Crippen molar-refractivity contribution in [3.05, 3.63) is 65.2 Å². The topological polar surface area (TPSA) is 38.3 Å². The van der Waals surface area contributed by atoms with Crippen LogP contribution in [0.25, 0.3) is 0 Å². The molecule has 3 heteroatoms. The number of hydrogen-bond acceptors (Lipinski definition) is 2. The fourth-order valence-corrected chi connectivity index (χ4v) is 2.17. The molecule has 0 radical (unpaired) electrons. The van der Waals surface area contributed by atoms with E-state index in [9.17, 15) is 4.79 Å². The lowest BCUT2D eigenvalue weighted by atomic mass is 10.1. The number of rotatable bonds is 7. The number of carbonyl (C=O) groups excluding carboxylic acids is 1. The molecule has 1 N–H and O–H groups in total. The van der Waals surface area contributed by atoms with Gasteiger partial charge in [-0.05, 0) is 55.5 Å². The third-order valence-electron chi connectivity index (χ3n) is 3.66. The van der Waals surface area contributed by atoms with Gasteiger partial charge >= 0.3 is 0 Å². The van der Waals surface area contributed by atoms with Crippen LogP contribution in [0.5, 0.6) is 5.75 Å². The third-order valence-corrected chi connectivity index (χ3v) is 3.66. The average Bonchev–Trinajstić information content (AvgIpc) is 2.54. The van der Waals surface area contributed by atoms with Crippen LogP contribution in [0.1, 0.15) is 23.1 Å². The largest absolute Gasteiger partial charge is 0.484 e. The predicted octanol–water partition coefficient (Wildman–Crippen LogP) is 3.43. The highest BCUT2D eigenvalue weighted by atomic mass is 16.5. The molecule has 0 aliphatic carbocycles. The van der Waals surface area contributed by atoms with Gasteiger partial charge in [-0.1, -0.05) is 36.4 Å². The van der Waals surface area contributed by atoms with E-state index in [1.54, 1.807) is 0 Å². The maximum atomic E-state index is 11.7. The molecule has 2 aromatic rings. The van der Waals surface area contributed by atoms with E-state index in [1.165, 1.54) is 16.7 Å². The second kappa shape index (κ2) is 8.23. The highest BCUT2D eigenvalue weighted by Crippen LogP contribution is 2.16. The minimum absolute atomic E-state index is 0.0633. The number of ether oxygens (including phenoxy) is 1. The Balaban J connectivity index is 1.64. The fourth-order valence-electron chi connectivity index (χ4n) is 2.17. The van der Waals surface area contributed by atoms with Crippen molar-refractivity contribution in [1.82, 2.24) is 5.32 Å². The molecule has 22 heavy (non-hydrogen) atoms. The monoisotopic (exact) mass is 297 g/mol. The lowest BCUT2D eigenvalue weighted by Crippen LogP contribution is -2.29. The van der Waals surface area contributed by atoms with E-state index in [2.05, 4.69) is 24.4 Å². The van der Waals surface area contributed by atoms with Gasteiger partial charge in [0, 0.05) is 6.54 Å². The molecule has 3 nitrogen and oxygen atoms in total. The number of carbonyl (C=O) groups is 1. The van der Waals surface area contributed by atoms with E-state index in [0.29, 0.717) is 6.54 Å². The summed E-state index contributed by atoms with van der Waals surface area (Å²) < 4.78 is 5.51. The minimum Gasteiger partial charge on any atom is -0.484 e. The molecule has 0 aliphatic heterocycles. The lowest BCUT2D eigenvalue weighted by Gasteiger charge is -2.09. The molecule has 0 fully saturated rings. The van der Waals surface area contributed by atoms with Crippen molar-refractivity contribution >= 4 is 5.91 Å². The second-order valence-electron chi connectivity index (χ2n) is 5.47. The van der Waals surface area contributed by atoms with Crippen molar-refractivity contribution in [2.24, 2.45) is 0 Å².